The second kappa shape index (κ2) is 8.61. The van der Waals surface area contributed by atoms with Gasteiger partial charge in [0.25, 0.3) is 10.0 Å². The normalized spacial score (nSPS) is 12.4. The van der Waals surface area contributed by atoms with Crippen molar-refractivity contribution in [3.8, 4) is 5.75 Å². The quantitative estimate of drug-likeness (QED) is 0.452. The van der Waals surface area contributed by atoms with Gasteiger partial charge in [-0.3, -0.25) is 4.31 Å². The van der Waals surface area contributed by atoms with Crippen LogP contribution in [0.2, 0.25) is 10.0 Å². The number of halogens is 3. The Morgan fingerprint density at radius 2 is 1.69 bits per heavy atom. The molecule has 3 aromatic carbocycles. The highest BCUT2D eigenvalue weighted by atomic mass is 35.5. The molecule has 0 aliphatic carbocycles. The summed E-state index contributed by atoms with van der Waals surface area (Å²) >= 11 is 11.8. The lowest BCUT2D eigenvalue weighted by molar-refractivity contribution is 0.414. The van der Waals surface area contributed by atoms with Gasteiger partial charge in [-0.25, -0.2) is 12.8 Å². The number of rotatable bonds is 6. The number of hydrogen-bond donors (Lipinski definition) is 0. The maximum absolute atomic E-state index is 13.6. The molecule has 4 nitrogen and oxygen atoms in total. The third kappa shape index (κ3) is 4.50. The maximum Gasteiger partial charge on any atom is 0.264 e. The molecule has 0 aromatic heterocycles. The second-order valence-corrected chi connectivity index (χ2v) is 8.96. The number of hydrogen-bond acceptors (Lipinski definition) is 3. The highest BCUT2D eigenvalue weighted by Crippen LogP contribution is 2.35. The molecule has 0 aliphatic heterocycles. The van der Waals surface area contributed by atoms with Gasteiger partial charge in [0.2, 0.25) is 0 Å². The van der Waals surface area contributed by atoms with E-state index in [4.69, 9.17) is 27.9 Å². The number of nitrogens with zero attached hydrogens (tertiary/aromatic N) is 1. The van der Waals surface area contributed by atoms with Crippen LogP contribution in [0.15, 0.2) is 71.6 Å². The first-order chi connectivity index (χ1) is 13.7. The first-order valence-corrected chi connectivity index (χ1v) is 10.8. The van der Waals surface area contributed by atoms with Crippen molar-refractivity contribution >= 4 is 38.9 Å². The van der Waals surface area contributed by atoms with Gasteiger partial charge in [-0.05, 0) is 67.1 Å². The summed E-state index contributed by atoms with van der Waals surface area (Å²) in [5.41, 5.74) is 1.13. The van der Waals surface area contributed by atoms with E-state index in [0.29, 0.717) is 16.5 Å². The lowest BCUT2D eigenvalue weighted by atomic mass is 10.1. The van der Waals surface area contributed by atoms with Crippen molar-refractivity contribution in [2.45, 2.75) is 17.9 Å². The molecular formula is C21H18Cl2FNO3S. The molecule has 0 aliphatic rings. The van der Waals surface area contributed by atoms with E-state index in [2.05, 4.69) is 0 Å². The molecule has 0 N–H and O–H groups in total. The van der Waals surface area contributed by atoms with E-state index in [1.807, 2.05) is 6.07 Å². The Hall–Kier alpha value is -2.28. The Kier molecular flexibility index (Phi) is 6.36. The minimum atomic E-state index is -4.07. The van der Waals surface area contributed by atoms with Gasteiger partial charge in [0.05, 0.1) is 28.8 Å². The van der Waals surface area contributed by atoms with Crippen LogP contribution in [0.5, 0.6) is 5.75 Å². The first-order valence-electron chi connectivity index (χ1n) is 8.63. The summed E-state index contributed by atoms with van der Waals surface area (Å²) in [4.78, 5) is -0.117. The van der Waals surface area contributed by atoms with Crippen LogP contribution in [-0.2, 0) is 10.0 Å². The monoisotopic (exact) mass is 453 g/mol. The van der Waals surface area contributed by atoms with Gasteiger partial charge in [0.1, 0.15) is 11.6 Å². The van der Waals surface area contributed by atoms with Crippen LogP contribution in [-0.4, -0.2) is 15.5 Å². The van der Waals surface area contributed by atoms with Crippen LogP contribution in [0.1, 0.15) is 18.5 Å². The summed E-state index contributed by atoms with van der Waals surface area (Å²) in [5.74, 6) is -0.0860. The smallest absolute Gasteiger partial charge is 0.264 e. The molecule has 152 valence electrons. The number of anilines is 1. The average Bonchev–Trinajstić information content (AvgIpc) is 2.71. The summed E-state index contributed by atoms with van der Waals surface area (Å²) in [6.45, 7) is 1.76. The van der Waals surface area contributed by atoms with Crippen molar-refractivity contribution in [2.24, 2.45) is 0 Å². The van der Waals surface area contributed by atoms with Crippen LogP contribution in [0.3, 0.4) is 0 Å². The summed E-state index contributed by atoms with van der Waals surface area (Å²) in [6.07, 6.45) is 0. The van der Waals surface area contributed by atoms with Crippen molar-refractivity contribution in [1.29, 1.82) is 0 Å². The van der Waals surface area contributed by atoms with E-state index < -0.39 is 21.9 Å². The zero-order valence-corrected chi connectivity index (χ0v) is 18.0. The van der Waals surface area contributed by atoms with E-state index in [1.165, 1.54) is 17.5 Å². The van der Waals surface area contributed by atoms with Crippen molar-refractivity contribution in [1.82, 2.24) is 0 Å². The molecule has 1 atom stereocenters. The molecule has 0 heterocycles. The fourth-order valence-electron chi connectivity index (χ4n) is 2.95. The van der Waals surface area contributed by atoms with Gasteiger partial charge < -0.3 is 4.74 Å². The molecule has 0 unspecified atom stereocenters. The molecule has 0 spiro atoms. The van der Waals surface area contributed by atoms with E-state index >= 15 is 0 Å². The van der Waals surface area contributed by atoms with Crippen LogP contribution in [0, 0.1) is 5.82 Å². The highest BCUT2D eigenvalue weighted by molar-refractivity contribution is 7.92. The predicted octanol–water partition coefficient (Wildman–Crippen LogP) is 6.10. The number of ether oxygens (including phenoxy) is 1. The Bertz CT molecular complexity index is 1120. The van der Waals surface area contributed by atoms with Crippen LogP contribution in [0.25, 0.3) is 0 Å². The third-order valence-electron chi connectivity index (χ3n) is 4.46. The number of sulfonamides is 1. The Balaban J connectivity index is 2.16. The zero-order chi connectivity index (χ0) is 21.2. The fourth-order valence-corrected chi connectivity index (χ4v) is 4.99. The second-order valence-electron chi connectivity index (χ2n) is 6.31. The molecule has 0 radical (unpaired) electrons. The van der Waals surface area contributed by atoms with Gasteiger partial charge in [-0.1, -0.05) is 35.3 Å². The maximum atomic E-state index is 13.6. The topological polar surface area (TPSA) is 46.6 Å². The molecule has 3 rings (SSSR count). The van der Waals surface area contributed by atoms with E-state index in [-0.39, 0.29) is 9.92 Å². The summed E-state index contributed by atoms with van der Waals surface area (Å²) in [5, 5.41) is 0.209. The standard InChI is InChI=1S/C21H18Cl2FNO3S/c1-14(15-4-3-5-18(12-15)28-2)25(17-8-6-16(22)7-9-17)29(26,27)19-10-11-21(24)20(23)13-19/h3-14H,1-2H3/t14-/m0/s1. The van der Waals surface area contributed by atoms with Crippen molar-refractivity contribution in [3.63, 3.8) is 0 Å². The van der Waals surface area contributed by atoms with Crippen LogP contribution in [0.4, 0.5) is 10.1 Å². The Morgan fingerprint density at radius 1 is 1.00 bits per heavy atom. The number of benzene rings is 3. The minimum Gasteiger partial charge on any atom is -0.497 e. The lowest BCUT2D eigenvalue weighted by Crippen LogP contribution is -2.33. The fraction of sp³-hybridized carbons (Fsp3) is 0.143. The van der Waals surface area contributed by atoms with Crippen LogP contribution < -0.4 is 9.04 Å². The van der Waals surface area contributed by atoms with Gasteiger partial charge in [-0.2, -0.15) is 0 Å². The van der Waals surface area contributed by atoms with Gasteiger partial charge in [-0.15, -0.1) is 0 Å². The molecule has 8 heteroatoms. The summed E-state index contributed by atoms with van der Waals surface area (Å²) in [7, 11) is -2.54. The van der Waals surface area contributed by atoms with E-state index in [9.17, 15) is 12.8 Å². The van der Waals surface area contributed by atoms with Crippen molar-refractivity contribution in [2.75, 3.05) is 11.4 Å². The van der Waals surface area contributed by atoms with Gasteiger partial charge in [0.15, 0.2) is 0 Å². The highest BCUT2D eigenvalue weighted by Gasteiger charge is 2.31. The Morgan fingerprint density at radius 3 is 2.31 bits per heavy atom. The molecule has 0 saturated carbocycles. The average molecular weight is 454 g/mol. The third-order valence-corrected chi connectivity index (χ3v) is 6.89. The summed E-state index contributed by atoms with van der Waals surface area (Å²) < 4.78 is 47.2. The Labute approximate surface area is 179 Å². The lowest BCUT2D eigenvalue weighted by Gasteiger charge is -2.31. The van der Waals surface area contributed by atoms with Crippen molar-refractivity contribution < 1.29 is 17.5 Å². The molecule has 0 amide bonds. The minimum absolute atomic E-state index is 0.117. The van der Waals surface area contributed by atoms with E-state index in [1.54, 1.807) is 49.4 Å². The molecule has 0 fully saturated rings. The molecule has 3 aromatic rings. The van der Waals surface area contributed by atoms with Crippen molar-refractivity contribution in [3.05, 3.63) is 88.2 Å². The molecule has 29 heavy (non-hydrogen) atoms. The zero-order valence-electron chi connectivity index (χ0n) is 15.6. The predicted molar refractivity (Wildman–Crippen MR) is 114 cm³/mol. The molecular weight excluding hydrogens is 436 g/mol. The number of methoxy groups -OCH3 is 1. The molecule has 0 bridgehead atoms. The first kappa shape index (κ1) is 21.4. The largest absolute Gasteiger partial charge is 0.497 e. The van der Waals surface area contributed by atoms with E-state index in [0.717, 1.165) is 17.7 Å². The summed E-state index contributed by atoms with van der Waals surface area (Å²) in [6, 6.07) is 16.3. The van der Waals surface area contributed by atoms with Gasteiger partial charge in [0, 0.05) is 5.02 Å². The molecule has 0 saturated heterocycles. The van der Waals surface area contributed by atoms with Crippen LogP contribution >= 0.6 is 23.2 Å². The SMILES string of the molecule is COc1cccc([C@H](C)N(c2ccc(Cl)cc2)S(=O)(=O)c2ccc(F)c(Cl)c2)c1. The van der Waals surface area contributed by atoms with Gasteiger partial charge >= 0.3 is 0 Å².